The number of sulfonamides is 1. The van der Waals surface area contributed by atoms with E-state index in [1.165, 1.54) is 42.5 Å². The van der Waals surface area contributed by atoms with Crippen LogP contribution in [0.1, 0.15) is 43.0 Å². The zero-order chi connectivity index (χ0) is 19.9. The van der Waals surface area contributed by atoms with Crippen LogP contribution in [0, 0.1) is 5.92 Å². The van der Waals surface area contributed by atoms with E-state index in [-0.39, 0.29) is 35.5 Å². The number of ketones is 1. The number of carbonyl (C=O) groups excluding carboxylic acids is 2. The van der Waals surface area contributed by atoms with Gasteiger partial charge >= 0.3 is 0 Å². The lowest BCUT2D eigenvalue weighted by Gasteiger charge is -2.23. The van der Waals surface area contributed by atoms with E-state index in [0.717, 1.165) is 25.9 Å². The van der Waals surface area contributed by atoms with E-state index in [0.29, 0.717) is 30.9 Å². The molecular weight excluding hydrogens is 402 g/mol. The van der Waals surface area contributed by atoms with Crippen molar-refractivity contribution in [1.29, 1.82) is 0 Å². The predicted molar refractivity (Wildman–Crippen MR) is 111 cm³/mol. The molecule has 0 spiro atoms. The first-order valence-corrected chi connectivity index (χ1v) is 10.8. The molecule has 1 amide bonds. The summed E-state index contributed by atoms with van der Waals surface area (Å²) < 4.78 is 26.4. The predicted octanol–water partition coefficient (Wildman–Crippen LogP) is 1.83. The minimum absolute atomic E-state index is 0. The van der Waals surface area contributed by atoms with E-state index in [1.807, 2.05) is 0 Å². The molecule has 158 valence electrons. The van der Waals surface area contributed by atoms with Crippen molar-refractivity contribution in [3.05, 3.63) is 29.8 Å². The second-order valence-corrected chi connectivity index (χ2v) is 9.07. The third-order valence-corrected chi connectivity index (χ3v) is 6.70. The number of hydrogen-bond acceptors (Lipinski definition) is 5. The SMILES string of the molecule is CC(=O)c1ccc(S(=O)(=O)N(C)CCCC(=O)NCC2CCCNC2)cc1.Cl. The third kappa shape index (κ3) is 7.16. The summed E-state index contributed by atoms with van der Waals surface area (Å²) in [5, 5.41) is 6.25. The van der Waals surface area contributed by atoms with Crippen molar-refractivity contribution >= 4 is 34.1 Å². The van der Waals surface area contributed by atoms with E-state index >= 15 is 0 Å². The van der Waals surface area contributed by atoms with Gasteiger partial charge in [0.15, 0.2) is 5.78 Å². The fraction of sp³-hybridized carbons (Fsp3) is 0.579. The highest BCUT2D eigenvalue weighted by molar-refractivity contribution is 7.89. The van der Waals surface area contributed by atoms with E-state index in [9.17, 15) is 18.0 Å². The maximum absolute atomic E-state index is 12.6. The van der Waals surface area contributed by atoms with Crippen LogP contribution < -0.4 is 10.6 Å². The Morgan fingerprint density at radius 2 is 1.93 bits per heavy atom. The highest BCUT2D eigenvalue weighted by atomic mass is 35.5. The zero-order valence-corrected chi connectivity index (χ0v) is 18.1. The Bertz CT molecular complexity index is 747. The summed E-state index contributed by atoms with van der Waals surface area (Å²) in [7, 11) is -2.13. The minimum Gasteiger partial charge on any atom is -0.356 e. The first kappa shape index (κ1) is 24.6. The maximum Gasteiger partial charge on any atom is 0.242 e. The van der Waals surface area contributed by atoms with Gasteiger partial charge in [-0.05, 0) is 57.3 Å². The van der Waals surface area contributed by atoms with E-state index in [4.69, 9.17) is 0 Å². The second kappa shape index (κ2) is 11.5. The van der Waals surface area contributed by atoms with Gasteiger partial charge in [-0.1, -0.05) is 12.1 Å². The van der Waals surface area contributed by atoms with E-state index in [1.54, 1.807) is 0 Å². The van der Waals surface area contributed by atoms with Gasteiger partial charge in [0.1, 0.15) is 0 Å². The molecule has 2 rings (SSSR count). The molecule has 7 nitrogen and oxygen atoms in total. The molecule has 1 aromatic carbocycles. The van der Waals surface area contributed by atoms with Crippen LogP contribution in [-0.4, -0.2) is 57.6 Å². The fourth-order valence-corrected chi connectivity index (χ4v) is 4.28. The van der Waals surface area contributed by atoms with Gasteiger partial charge in [-0.2, -0.15) is 0 Å². The number of halogens is 1. The first-order chi connectivity index (χ1) is 12.8. The summed E-state index contributed by atoms with van der Waals surface area (Å²) in [5.41, 5.74) is 0.474. The lowest BCUT2D eigenvalue weighted by Crippen LogP contribution is -2.38. The summed E-state index contributed by atoms with van der Waals surface area (Å²) in [6, 6.07) is 5.90. The molecule has 1 aromatic rings. The Kier molecular flexibility index (Phi) is 10.1. The van der Waals surface area contributed by atoms with Gasteiger partial charge in [-0.15, -0.1) is 12.4 Å². The number of nitrogens with zero attached hydrogens (tertiary/aromatic N) is 1. The minimum atomic E-state index is -3.63. The van der Waals surface area contributed by atoms with Gasteiger partial charge in [-0.25, -0.2) is 12.7 Å². The summed E-state index contributed by atoms with van der Waals surface area (Å²) in [6.07, 6.45) is 3.01. The highest BCUT2D eigenvalue weighted by Gasteiger charge is 2.21. The number of piperidine rings is 1. The van der Waals surface area contributed by atoms with E-state index in [2.05, 4.69) is 10.6 Å². The van der Waals surface area contributed by atoms with Gasteiger partial charge in [0.2, 0.25) is 15.9 Å². The molecule has 1 fully saturated rings. The Balaban J connectivity index is 0.00000392. The lowest BCUT2D eigenvalue weighted by molar-refractivity contribution is -0.121. The highest BCUT2D eigenvalue weighted by Crippen LogP contribution is 2.16. The third-order valence-electron chi connectivity index (χ3n) is 4.83. The van der Waals surface area contributed by atoms with Crippen molar-refractivity contribution in [2.24, 2.45) is 5.92 Å². The first-order valence-electron chi connectivity index (χ1n) is 9.35. The van der Waals surface area contributed by atoms with Crippen LogP contribution in [0.2, 0.25) is 0 Å². The average Bonchev–Trinajstić information content (AvgIpc) is 2.67. The van der Waals surface area contributed by atoms with Gasteiger partial charge in [0.05, 0.1) is 4.90 Å². The molecular formula is C19H30ClN3O4S. The van der Waals surface area contributed by atoms with Crippen LogP contribution in [-0.2, 0) is 14.8 Å². The van der Waals surface area contributed by atoms with Gasteiger partial charge in [-0.3, -0.25) is 9.59 Å². The van der Waals surface area contributed by atoms with Crippen LogP contribution in [0.4, 0.5) is 0 Å². The van der Waals surface area contributed by atoms with Crippen LogP contribution >= 0.6 is 12.4 Å². The number of benzene rings is 1. The molecule has 1 unspecified atom stereocenters. The number of nitrogens with one attached hydrogen (secondary N) is 2. The van der Waals surface area contributed by atoms with Gasteiger partial charge in [0.25, 0.3) is 0 Å². The molecule has 1 saturated heterocycles. The Hall–Kier alpha value is -1.48. The fourth-order valence-electron chi connectivity index (χ4n) is 3.07. The Morgan fingerprint density at radius 1 is 1.25 bits per heavy atom. The van der Waals surface area contributed by atoms with Crippen LogP contribution in [0.5, 0.6) is 0 Å². The Labute approximate surface area is 173 Å². The van der Waals surface area contributed by atoms with Crippen molar-refractivity contribution in [2.75, 3.05) is 33.2 Å². The summed E-state index contributed by atoms with van der Waals surface area (Å²) >= 11 is 0. The normalized spacial score (nSPS) is 17.0. The monoisotopic (exact) mass is 431 g/mol. The van der Waals surface area contributed by atoms with Crippen molar-refractivity contribution in [2.45, 2.75) is 37.5 Å². The molecule has 1 aliphatic heterocycles. The smallest absolute Gasteiger partial charge is 0.242 e. The Morgan fingerprint density at radius 3 is 2.50 bits per heavy atom. The molecule has 0 aromatic heterocycles. The van der Waals surface area contributed by atoms with Crippen molar-refractivity contribution in [1.82, 2.24) is 14.9 Å². The number of Topliss-reactive ketones (excluding diaryl/α,β-unsaturated/α-hetero) is 1. The van der Waals surface area contributed by atoms with Crippen molar-refractivity contribution < 1.29 is 18.0 Å². The summed E-state index contributed by atoms with van der Waals surface area (Å²) in [5.74, 6) is 0.322. The molecule has 0 aliphatic carbocycles. The van der Waals surface area contributed by atoms with E-state index < -0.39 is 10.0 Å². The van der Waals surface area contributed by atoms with Crippen LogP contribution in [0.15, 0.2) is 29.2 Å². The van der Waals surface area contributed by atoms with Gasteiger partial charge < -0.3 is 10.6 Å². The quantitative estimate of drug-likeness (QED) is 0.581. The standard InChI is InChI=1S/C19H29N3O4S.ClH/c1-15(23)17-7-9-18(10-8-17)27(25,26)22(2)12-4-6-19(24)21-14-16-5-3-11-20-13-16;/h7-10,16,20H,3-6,11-14H2,1-2H3,(H,21,24);1H. The molecule has 1 atom stereocenters. The molecule has 0 bridgehead atoms. The van der Waals surface area contributed by atoms with Crippen molar-refractivity contribution in [3.63, 3.8) is 0 Å². The van der Waals surface area contributed by atoms with Crippen LogP contribution in [0.25, 0.3) is 0 Å². The molecule has 2 N–H and O–H groups in total. The maximum atomic E-state index is 12.6. The zero-order valence-electron chi connectivity index (χ0n) is 16.4. The number of carbonyl (C=O) groups is 2. The average molecular weight is 432 g/mol. The molecule has 1 heterocycles. The number of hydrogen-bond donors (Lipinski definition) is 2. The lowest BCUT2D eigenvalue weighted by atomic mass is 10.00. The van der Waals surface area contributed by atoms with Crippen molar-refractivity contribution in [3.8, 4) is 0 Å². The molecule has 1 aliphatic rings. The summed E-state index contributed by atoms with van der Waals surface area (Å²) in [4.78, 5) is 23.4. The summed E-state index contributed by atoms with van der Waals surface area (Å²) in [6.45, 7) is 4.34. The number of rotatable bonds is 9. The largest absolute Gasteiger partial charge is 0.356 e. The molecule has 28 heavy (non-hydrogen) atoms. The van der Waals surface area contributed by atoms with Crippen LogP contribution in [0.3, 0.4) is 0 Å². The van der Waals surface area contributed by atoms with Gasteiger partial charge in [0, 0.05) is 32.1 Å². The second-order valence-electron chi connectivity index (χ2n) is 7.03. The topological polar surface area (TPSA) is 95.6 Å². The number of amides is 1. The molecule has 9 heteroatoms. The molecule has 0 saturated carbocycles. The molecule has 0 radical (unpaired) electrons.